The smallest absolute Gasteiger partial charge is 0.125 e. The van der Waals surface area contributed by atoms with Gasteiger partial charge < -0.3 is 4.74 Å². The predicted molar refractivity (Wildman–Crippen MR) is 68.5 cm³/mol. The quantitative estimate of drug-likeness (QED) is 0.735. The molecule has 2 aromatic rings. The molecule has 2 nitrogen and oxygen atoms in total. The molecule has 0 radical (unpaired) electrons. The van der Waals surface area contributed by atoms with Crippen LogP contribution in [0.2, 0.25) is 0 Å². The highest BCUT2D eigenvalue weighted by Gasteiger charge is 2.20. The average Bonchev–Trinajstić information content (AvgIpc) is 2.38. The van der Waals surface area contributed by atoms with E-state index in [0.717, 1.165) is 11.9 Å². The van der Waals surface area contributed by atoms with Crippen molar-refractivity contribution in [1.29, 1.82) is 0 Å². The molecule has 86 valence electrons. The van der Waals surface area contributed by atoms with Crippen LogP contribution in [0.4, 0.5) is 0 Å². The van der Waals surface area contributed by atoms with Crippen LogP contribution in [0, 0.1) is 5.92 Å². The zero-order valence-electron chi connectivity index (χ0n) is 9.84. The lowest BCUT2D eigenvalue weighted by atomic mass is 9.95. The Labute approximate surface area is 101 Å². The number of hydrogen-bond donors (Lipinski definition) is 0. The van der Waals surface area contributed by atoms with Crippen LogP contribution >= 0.6 is 0 Å². The number of nitrogens with zero attached hydrogens (tertiary/aromatic N) is 1. The zero-order chi connectivity index (χ0) is 11.7. The van der Waals surface area contributed by atoms with E-state index >= 15 is 0 Å². The van der Waals surface area contributed by atoms with Gasteiger partial charge >= 0.3 is 0 Å². The predicted octanol–water partition coefficient (Wildman–Crippen LogP) is 3.85. The normalized spacial score (nSPS) is 23.6. The van der Waals surface area contributed by atoms with Gasteiger partial charge in [-0.2, -0.15) is 0 Å². The monoisotopic (exact) mass is 225 g/mol. The Morgan fingerprint density at radius 1 is 1.24 bits per heavy atom. The number of fused-ring (bicyclic) bond motifs is 1. The summed E-state index contributed by atoms with van der Waals surface area (Å²) in [5.41, 5.74) is 2.25. The Morgan fingerprint density at radius 3 is 3.00 bits per heavy atom. The first kappa shape index (κ1) is 10.3. The lowest BCUT2D eigenvalue weighted by Gasteiger charge is -2.24. The van der Waals surface area contributed by atoms with Crippen LogP contribution in [0.3, 0.4) is 0 Å². The third-order valence-corrected chi connectivity index (χ3v) is 3.25. The number of para-hydroxylation sites is 1. The molecule has 17 heavy (non-hydrogen) atoms. The average molecular weight is 225 g/mol. The highest BCUT2D eigenvalue weighted by Crippen LogP contribution is 2.33. The fraction of sp³-hybridized carbons (Fsp3) is 0.267. The molecular weight excluding hydrogens is 210 g/mol. The summed E-state index contributed by atoms with van der Waals surface area (Å²) < 4.78 is 5.72. The minimum absolute atomic E-state index is 0.133. The zero-order valence-corrected chi connectivity index (χ0v) is 9.84. The lowest BCUT2D eigenvalue weighted by Crippen LogP contribution is -2.10. The fourth-order valence-electron chi connectivity index (χ4n) is 2.33. The Hall–Kier alpha value is -1.83. The molecule has 0 bridgehead atoms. The van der Waals surface area contributed by atoms with Gasteiger partial charge in [0.1, 0.15) is 6.10 Å². The first-order valence-electron chi connectivity index (χ1n) is 6.00. The van der Waals surface area contributed by atoms with Gasteiger partial charge in [-0.15, -0.1) is 0 Å². The van der Waals surface area contributed by atoms with Crippen molar-refractivity contribution in [2.24, 2.45) is 5.92 Å². The molecule has 0 saturated carbocycles. The number of aromatic nitrogens is 1. The molecule has 1 aliphatic heterocycles. The number of benzene rings is 1. The number of rotatable bonds is 1. The summed E-state index contributed by atoms with van der Waals surface area (Å²) in [5, 5.41) is 1.18. The Bertz CT molecular complexity index is 556. The van der Waals surface area contributed by atoms with E-state index in [2.05, 4.69) is 42.2 Å². The summed E-state index contributed by atoms with van der Waals surface area (Å²) in [6.45, 7) is 2.21. The molecule has 2 atom stereocenters. The Kier molecular flexibility index (Phi) is 2.56. The standard InChI is InChI=1S/C15H15NO/c1-11-7-9-17-14(10-11)13-6-2-4-12-5-3-8-16-15(12)13/h2-9,11,14H,10H2,1H3/t11-,14+/m1/s1. The number of pyridine rings is 1. The molecule has 0 spiro atoms. The van der Waals surface area contributed by atoms with Crippen molar-refractivity contribution in [3.63, 3.8) is 0 Å². The van der Waals surface area contributed by atoms with Gasteiger partial charge in [0.2, 0.25) is 0 Å². The maximum absolute atomic E-state index is 5.72. The number of hydrogen-bond acceptors (Lipinski definition) is 2. The van der Waals surface area contributed by atoms with Gasteiger partial charge in [0, 0.05) is 17.1 Å². The van der Waals surface area contributed by atoms with Crippen molar-refractivity contribution in [1.82, 2.24) is 4.98 Å². The SMILES string of the molecule is C[C@@H]1C=CO[C@H](c2cccc3cccnc23)C1. The molecule has 1 aromatic carbocycles. The number of allylic oxidation sites excluding steroid dienone is 1. The summed E-state index contributed by atoms with van der Waals surface area (Å²) in [6, 6.07) is 10.3. The van der Waals surface area contributed by atoms with Crippen molar-refractivity contribution in [3.05, 3.63) is 54.4 Å². The van der Waals surface area contributed by atoms with Crippen molar-refractivity contribution >= 4 is 10.9 Å². The van der Waals surface area contributed by atoms with Gasteiger partial charge in [-0.05, 0) is 24.5 Å². The second-order valence-electron chi connectivity index (χ2n) is 4.59. The van der Waals surface area contributed by atoms with Crippen molar-refractivity contribution < 1.29 is 4.74 Å². The van der Waals surface area contributed by atoms with E-state index in [1.165, 1.54) is 10.9 Å². The van der Waals surface area contributed by atoms with Gasteiger partial charge in [0.25, 0.3) is 0 Å². The molecule has 0 aliphatic carbocycles. The van der Waals surface area contributed by atoms with E-state index < -0.39 is 0 Å². The number of ether oxygens (including phenoxy) is 1. The molecule has 0 saturated heterocycles. The molecule has 0 amide bonds. The van der Waals surface area contributed by atoms with Crippen LogP contribution in [-0.2, 0) is 4.74 Å². The van der Waals surface area contributed by atoms with Gasteiger partial charge in [0.05, 0.1) is 11.8 Å². The highest BCUT2D eigenvalue weighted by molar-refractivity contribution is 5.81. The third-order valence-electron chi connectivity index (χ3n) is 3.25. The minimum Gasteiger partial charge on any atom is -0.494 e. The van der Waals surface area contributed by atoms with E-state index in [0.29, 0.717) is 5.92 Å². The summed E-state index contributed by atoms with van der Waals surface area (Å²) in [7, 11) is 0. The Morgan fingerprint density at radius 2 is 2.12 bits per heavy atom. The molecule has 1 aromatic heterocycles. The van der Waals surface area contributed by atoms with Gasteiger partial charge in [-0.3, -0.25) is 4.98 Å². The van der Waals surface area contributed by atoms with E-state index in [1.54, 1.807) is 0 Å². The van der Waals surface area contributed by atoms with Crippen molar-refractivity contribution in [2.45, 2.75) is 19.4 Å². The molecule has 2 heterocycles. The second-order valence-corrected chi connectivity index (χ2v) is 4.59. The van der Waals surface area contributed by atoms with E-state index in [1.807, 2.05) is 18.5 Å². The molecule has 0 fully saturated rings. The molecule has 0 unspecified atom stereocenters. The van der Waals surface area contributed by atoms with Crippen LogP contribution in [0.1, 0.15) is 25.0 Å². The molecule has 3 rings (SSSR count). The molecular formula is C15H15NO. The van der Waals surface area contributed by atoms with Gasteiger partial charge in [0.15, 0.2) is 0 Å². The maximum atomic E-state index is 5.72. The van der Waals surface area contributed by atoms with Gasteiger partial charge in [-0.1, -0.05) is 31.2 Å². The first-order chi connectivity index (χ1) is 8.34. The van der Waals surface area contributed by atoms with Gasteiger partial charge in [-0.25, -0.2) is 0 Å². The summed E-state index contributed by atoms with van der Waals surface area (Å²) in [6.07, 6.45) is 6.92. The second kappa shape index (κ2) is 4.21. The summed E-state index contributed by atoms with van der Waals surface area (Å²) in [4.78, 5) is 4.48. The van der Waals surface area contributed by atoms with Crippen LogP contribution in [0.5, 0.6) is 0 Å². The lowest BCUT2D eigenvalue weighted by molar-refractivity contribution is 0.111. The Balaban J connectivity index is 2.08. The van der Waals surface area contributed by atoms with Crippen molar-refractivity contribution in [3.8, 4) is 0 Å². The fourth-order valence-corrected chi connectivity index (χ4v) is 2.33. The molecule has 1 aliphatic rings. The third kappa shape index (κ3) is 1.91. The van der Waals surface area contributed by atoms with Crippen molar-refractivity contribution in [2.75, 3.05) is 0 Å². The minimum atomic E-state index is 0.133. The highest BCUT2D eigenvalue weighted by atomic mass is 16.5. The van der Waals surface area contributed by atoms with E-state index in [4.69, 9.17) is 4.74 Å². The molecule has 0 N–H and O–H groups in total. The van der Waals surface area contributed by atoms with E-state index in [-0.39, 0.29) is 6.10 Å². The maximum Gasteiger partial charge on any atom is 0.125 e. The first-order valence-corrected chi connectivity index (χ1v) is 6.00. The largest absolute Gasteiger partial charge is 0.494 e. The van der Waals surface area contributed by atoms with Crippen LogP contribution in [0.25, 0.3) is 10.9 Å². The van der Waals surface area contributed by atoms with Crippen LogP contribution < -0.4 is 0 Å². The summed E-state index contributed by atoms with van der Waals surface area (Å²) in [5.74, 6) is 0.563. The topological polar surface area (TPSA) is 22.1 Å². The van der Waals surface area contributed by atoms with Crippen LogP contribution in [0.15, 0.2) is 48.9 Å². The molecule has 2 heteroatoms. The van der Waals surface area contributed by atoms with E-state index in [9.17, 15) is 0 Å². The van der Waals surface area contributed by atoms with Crippen LogP contribution in [-0.4, -0.2) is 4.98 Å². The summed E-state index contributed by atoms with van der Waals surface area (Å²) >= 11 is 0.